The molecular weight excluding hydrogens is 222 g/mol. The average Bonchev–Trinajstić information content (AvgIpc) is 2.66. The van der Waals surface area contributed by atoms with Gasteiger partial charge < -0.3 is 10.4 Å². The Hall–Kier alpha value is -0.570. The number of benzene rings is 1. The van der Waals surface area contributed by atoms with Crippen LogP contribution in [-0.2, 0) is 0 Å². The summed E-state index contributed by atoms with van der Waals surface area (Å²) >= 11 is 0. The maximum absolute atomic E-state index is 9.72. The minimum absolute atomic E-state index is 0. The van der Waals surface area contributed by atoms with Crippen LogP contribution in [0.3, 0.4) is 0 Å². The Morgan fingerprint density at radius 1 is 1.25 bits per heavy atom. The van der Waals surface area contributed by atoms with Crippen LogP contribution in [0.1, 0.15) is 37.8 Å². The molecule has 3 heteroatoms. The van der Waals surface area contributed by atoms with E-state index in [4.69, 9.17) is 0 Å². The van der Waals surface area contributed by atoms with Crippen LogP contribution in [0.4, 0.5) is 0 Å². The molecule has 0 aliphatic heterocycles. The highest BCUT2D eigenvalue weighted by molar-refractivity contribution is 5.85. The van der Waals surface area contributed by atoms with Gasteiger partial charge in [-0.05, 0) is 31.7 Å². The van der Waals surface area contributed by atoms with E-state index in [1.165, 1.54) is 5.56 Å². The number of aliphatic hydroxyl groups excluding tert-OH is 1. The van der Waals surface area contributed by atoms with Gasteiger partial charge in [0.2, 0.25) is 0 Å². The summed E-state index contributed by atoms with van der Waals surface area (Å²) in [5.41, 5.74) is 1.29. The van der Waals surface area contributed by atoms with Crippen molar-refractivity contribution in [2.45, 2.75) is 44.4 Å². The first-order valence-corrected chi connectivity index (χ1v) is 5.76. The summed E-state index contributed by atoms with van der Waals surface area (Å²) in [4.78, 5) is 0. The van der Waals surface area contributed by atoms with Crippen LogP contribution >= 0.6 is 12.4 Å². The zero-order chi connectivity index (χ0) is 10.7. The molecule has 0 unspecified atom stereocenters. The van der Waals surface area contributed by atoms with Gasteiger partial charge in [0.15, 0.2) is 0 Å². The van der Waals surface area contributed by atoms with Crippen molar-refractivity contribution >= 4 is 12.4 Å². The quantitative estimate of drug-likeness (QED) is 0.853. The SMILES string of the molecule is C[C@H](N[C@H]1CCC[C@@H]1O)c1ccccc1.Cl. The molecule has 0 saturated heterocycles. The third kappa shape index (κ3) is 3.21. The molecule has 0 amide bonds. The molecule has 1 aromatic carbocycles. The molecule has 1 saturated carbocycles. The number of hydrogen-bond acceptors (Lipinski definition) is 2. The summed E-state index contributed by atoms with van der Waals surface area (Å²) in [6.45, 7) is 2.15. The van der Waals surface area contributed by atoms with Crippen molar-refractivity contribution in [3.63, 3.8) is 0 Å². The van der Waals surface area contributed by atoms with E-state index in [0.717, 1.165) is 19.3 Å². The first-order chi connectivity index (χ1) is 7.27. The van der Waals surface area contributed by atoms with Gasteiger partial charge in [-0.15, -0.1) is 12.4 Å². The highest BCUT2D eigenvalue weighted by atomic mass is 35.5. The van der Waals surface area contributed by atoms with Crippen LogP contribution in [0.2, 0.25) is 0 Å². The van der Waals surface area contributed by atoms with Crippen molar-refractivity contribution < 1.29 is 5.11 Å². The van der Waals surface area contributed by atoms with Crippen LogP contribution < -0.4 is 5.32 Å². The van der Waals surface area contributed by atoms with Crippen molar-refractivity contribution in [3.8, 4) is 0 Å². The lowest BCUT2D eigenvalue weighted by Gasteiger charge is -2.22. The van der Waals surface area contributed by atoms with Crippen molar-refractivity contribution in [2.24, 2.45) is 0 Å². The van der Waals surface area contributed by atoms with Gasteiger partial charge in [0.25, 0.3) is 0 Å². The Morgan fingerprint density at radius 2 is 1.94 bits per heavy atom. The van der Waals surface area contributed by atoms with Gasteiger partial charge in [-0.2, -0.15) is 0 Å². The largest absolute Gasteiger partial charge is 0.392 e. The predicted molar refractivity (Wildman–Crippen MR) is 68.9 cm³/mol. The zero-order valence-corrected chi connectivity index (χ0v) is 10.4. The number of halogens is 1. The highest BCUT2D eigenvalue weighted by Gasteiger charge is 2.26. The number of rotatable bonds is 3. The molecule has 0 radical (unpaired) electrons. The molecule has 16 heavy (non-hydrogen) atoms. The van der Waals surface area contributed by atoms with Crippen LogP contribution in [0, 0.1) is 0 Å². The van der Waals surface area contributed by atoms with E-state index in [1.807, 2.05) is 6.07 Å². The highest BCUT2D eigenvalue weighted by Crippen LogP contribution is 2.22. The van der Waals surface area contributed by atoms with E-state index in [1.54, 1.807) is 0 Å². The lowest BCUT2D eigenvalue weighted by molar-refractivity contribution is 0.144. The first kappa shape index (κ1) is 13.5. The molecule has 2 nitrogen and oxygen atoms in total. The van der Waals surface area contributed by atoms with E-state index < -0.39 is 0 Å². The molecule has 3 atom stereocenters. The van der Waals surface area contributed by atoms with E-state index in [0.29, 0.717) is 6.04 Å². The van der Waals surface area contributed by atoms with Crippen LogP contribution in [-0.4, -0.2) is 17.3 Å². The predicted octanol–water partition coefficient (Wildman–Crippen LogP) is 2.67. The molecule has 90 valence electrons. The fraction of sp³-hybridized carbons (Fsp3) is 0.538. The molecule has 0 heterocycles. The van der Waals surface area contributed by atoms with E-state index in [-0.39, 0.29) is 24.6 Å². The summed E-state index contributed by atoms with van der Waals surface area (Å²) in [5.74, 6) is 0. The molecule has 0 aromatic heterocycles. The van der Waals surface area contributed by atoms with Crippen LogP contribution in [0.5, 0.6) is 0 Å². The average molecular weight is 242 g/mol. The Morgan fingerprint density at radius 3 is 2.50 bits per heavy atom. The molecule has 1 aliphatic carbocycles. The fourth-order valence-corrected chi connectivity index (χ4v) is 2.29. The van der Waals surface area contributed by atoms with Gasteiger partial charge >= 0.3 is 0 Å². The molecule has 0 spiro atoms. The fourth-order valence-electron chi connectivity index (χ4n) is 2.29. The maximum atomic E-state index is 9.72. The topological polar surface area (TPSA) is 32.3 Å². The molecule has 2 N–H and O–H groups in total. The molecule has 1 fully saturated rings. The summed E-state index contributed by atoms with van der Waals surface area (Å²) in [6, 6.07) is 11.0. The smallest absolute Gasteiger partial charge is 0.0693 e. The third-order valence-electron chi connectivity index (χ3n) is 3.24. The second kappa shape index (κ2) is 6.24. The molecule has 0 bridgehead atoms. The Labute approximate surface area is 103 Å². The molecule has 2 rings (SSSR count). The first-order valence-electron chi connectivity index (χ1n) is 5.76. The van der Waals surface area contributed by atoms with E-state index in [9.17, 15) is 5.11 Å². The van der Waals surface area contributed by atoms with E-state index in [2.05, 4.69) is 36.5 Å². The number of aliphatic hydroxyl groups is 1. The van der Waals surface area contributed by atoms with Gasteiger partial charge in [-0.25, -0.2) is 0 Å². The van der Waals surface area contributed by atoms with Crippen LogP contribution in [0.15, 0.2) is 30.3 Å². The summed E-state index contributed by atoms with van der Waals surface area (Å²) < 4.78 is 0. The standard InChI is InChI=1S/C13H19NO.ClH/c1-10(11-6-3-2-4-7-11)14-12-8-5-9-13(12)15;/h2-4,6-7,10,12-15H,5,8-9H2,1H3;1H/t10-,12-,13-;/m0./s1. The lowest BCUT2D eigenvalue weighted by atomic mass is 10.1. The summed E-state index contributed by atoms with van der Waals surface area (Å²) in [6.07, 6.45) is 3.02. The van der Waals surface area contributed by atoms with Gasteiger partial charge in [0.05, 0.1) is 6.10 Å². The molecule has 1 aromatic rings. The minimum Gasteiger partial charge on any atom is -0.392 e. The van der Waals surface area contributed by atoms with Gasteiger partial charge in [0, 0.05) is 12.1 Å². The second-order valence-corrected chi connectivity index (χ2v) is 4.40. The van der Waals surface area contributed by atoms with Crippen LogP contribution in [0.25, 0.3) is 0 Å². The summed E-state index contributed by atoms with van der Waals surface area (Å²) in [7, 11) is 0. The minimum atomic E-state index is -0.156. The lowest BCUT2D eigenvalue weighted by Crippen LogP contribution is -2.37. The Bertz CT molecular complexity index is 304. The maximum Gasteiger partial charge on any atom is 0.0693 e. The third-order valence-corrected chi connectivity index (χ3v) is 3.24. The molecule has 1 aliphatic rings. The van der Waals surface area contributed by atoms with Gasteiger partial charge in [-0.3, -0.25) is 0 Å². The number of hydrogen-bond donors (Lipinski definition) is 2. The van der Waals surface area contributed by atoms with E-state index >= 15 is 0 Å². The van der Waals surface area contributed by atoms with Crippen molar-refractivity contribution in [1.29, 1.82) is 0 Å². The Balaban J connectivity index is 0.00000128. The molecular formula is C13H20ClNO. The second-order valence-electron chi connectivity index (χ2n) is 4.40. The van der Waals surface area contributed by atoms with Crippen molar-refractivity contribution in [3.05, 3.63) is 35.9 Å². The normalized spacial score (nSPS) is 26.1. The Kier molecular flexibility index (Phi) is 5.26. The van der Waals surface area contributed by atoms with Crippen molar-refractivity contribution in [2.75, 3.05) is 0 Å². The van der Waals surface area contributed by atoms with Crippen molar-refractivity contribution in [1.82, 2.24) is 5.32 Å². The zero-order valence-electron chi connectivity index (χ0n) is 9.60. The number of nitrogens with one attached hydrogen (secondary N) is 1. The summed E-state index contributed by atoms with van der Waals surface area (Å²) in [5, 5.41) is 13.2. The monoisotopic (exact) mass is 241 g/mol. The van der Waals surface area contributed by atoms with Gasteiger partial charge in [0.1, 0.15) is 0 Å². The van der Waals surface area contributed by atoms with Gasteiger partial charge in [-0.1, -0.05) is 30.3 Å².